The van der Waals surface area contributed by atoms with E-state index in [1.165, 1.54) is 6.42 Å². The Balaban J connectivity index is 3.04. The van der Waals surface area contributed by atoms with E-state index in [-0.39, 0.29) is 6.04 Å². The predicted octanol–water partition coefficient (Wildman–Crippen LogP) is 5.59. The highest BCUT2D eigenvalue weighted by molar-refractivity contribution is 9.10. The monoisotopic (exact) mass is 361 g/mol. The van der Waals surface area contributed by atoms with Crippen LogP contribution in [0.1, 0.15) is 51.6 Å². The highest BCUT2D eigenvalue weighted by Crippen LogP contribution is 2.37. The maximum atomic E-state index is 6.21. The number of halogens is 2. The standard InChI is InChI=1S/C16H25BrClNO/c1-5-8-19-15(7-6-11(2)3)13-9-12(18)10-14(17)16(13)20-4/h9-11,15,19H,5-8H2,1-4H3. The molecule has 20 heavy (non-hydrogen) atoms. The van der Waals surface area contributed by atoms with Crippen LogP contribution in [-0.2, 0) is 0 Å². The van der Waals surface area contributed by atoms with E-state index in [4.69, 9.17) is 16.3 Å². The molecule has 0 aliphatic carbocycles. The van der Waals surface area contributed by atoms with Crippen LogP contribution in [-0.4, -0.2) is 13.7 Å². The van der Waals surface area contributed by atoms with Gasteiger partial charge in [-0.2, -0.15) is 0 Å². The fourth-order valence-electron chi connectivity index (χ4n) is 2.24. The molecule has 4 heteroatoms. The zero-order valence-corrected chi connectivity index (χ0v) is 15.1. The smallest absolute Gasteiger partial charge is 0.137 e. The summed E-state index contributed by atoms with van der Waals surface area (Å²) < 4.78 is 6.47. The third-order valence-corrected chi connectivity index (χ3v) is 4.10. The third kappa shape index (κ3) is 5.27. The molecule has 0 aliphatic rings. The summed E-state index contributed by atoms with van der Waals surface area (Å²) in [5.41, 5.74) is 1.14. The lowest BCUT2D eigenvalue weighted by Crippen LogP contribution is -2.23. The first-order chi connectivity index (χ1) is 9.49. The van der Waals surface area contributed by atoms with Crippen LogP contribution < -0.4 is 10.1 Å². The van der Waals surface area contributed by atoms with Gasteiger partial charge in [0.05, 0.1) is 11.6 Å². The summed E-state index contributed by atoms with van der Waals surface area (Å²) in [5.74, 6) is 1.57. The second-order valence-corrected chi connectivity index (χ2v) is 6.78. The van der Waals surface area contributed by atoms with Crippen molar-refractivity contribution in [1.82, 2.24) is 5.32 Å². The summed E-state index contributed by atoms with van der Waals surface area (Å²) in [6, 6.07) is 4.17. The van der Waals surface area contributed by atoms with Gasteiger partial charge >= 0.3 is 0 Å². The minimum absolute atomic E-state index is 0.280. The molecule has 0 aliphatic heterocycles. The number of hydrogen-bond donors (Lipinski definition) is 1. The first kappa shape index (κ1) is 17.8. The van der Waals surface area contributed by atoms with E-state index in [1.54, 1.807) is 7.11 Å². The number of rotatable bonds is 8. The van der Waals surface area contributed by atoms with E-state index in [2.05, 4.69) is 42.0 Å². The van der Waals surface area contributed by atoms with Gasteiger partial charge in [0, 0.05) is 16.6 Å². The highest BCUT2D eigenvalue weighted by atomic mass is 79.9. The fraction of sp³-hybridized carbons (Fsp3) is 0.625. The lowest BCUT2D eigenvalue weighted by Gasteiger charge is -2.23. The average Bonchev–Trinajstić information content (AvgIpc) is 2.38. The van der Waals surface area contributed by atoms with Gasteiger partial charge in [-0.1, -0.05) is 32.4 Å². The molecule has 1 N–H and O–H groups in total. The number of methoxy groups -OCH3 is 1. The Bertz CT molecular complexity index is 423. The molecular formula is C16H25BrClNO. The molecule has 1 aromatic carbocycles. The van der Waals surface area contributed by atoms with Crippen LogP contribution in [0.2, 0.25) is 5.02 Å². The van der Waals surface area contributed by atoms with Gasteiger partial charge in [0.25, 0.3) is 0 Å². The van der Waals surface area contributed by atoms with Crippen molar-refractivity contribution in [3.05, 3.63) is 27.2 Å². The Hall–Kier alpha value is -0.250. The fourth-order valence-corrected chi connectivity index (χ4v) is 3.24. The summed E-state index contributed by atoms with van der Waals surface area (Å²) in [4.78, 5) is 0. The van der Waals surface area contributed by atoms with E-state index >= 15 is 0 Å². The quantitative estimate of drug-likeness (QED) is 0.651. The van der Waals surface area contributed by atoms with E-state index in [0.29, 0.717) is 5.92 Å². The zero-order chi connectivity index (χ0) is 15.1. The molecule has 0 amide bonds. The highest BCUT2D eigenvalue weighted by Gasteiger charge is 2.19. The first-order valence-corrected chi connectivity index (χ1v) is 8.43. The summed E-state index contributed by atoms with van der Waals surface area (Å²) in [6.07, 6.45) is 3.37. The number of hydrogen-bond acceptors (Lipinski definition) is 2. The lowest BCUT2D eigenvalue weighted by atomic mass is 9.96. The van der Waals surface area contributed by atoms with E-state index in [1.807, 2.05) is 12.1 Å². The number of ether oxygens (including phenoxy) is 1. The molecule has 0 spiro atoms. The van der Waals surface area contributed by atoms with Crippen molar-refractivity contribution in [2.45, 2.75) is 46.1 Å². The topological polar surface area (TPSA) is 21.3 Å². The lowest BCUT2D eigenvalue weighted by molar-refractivity contribution is 0.384. The van der Waals surface area contributed by atoms with Gasteiger partial charge in [-0.15, -0.1) is 0 Å². The molecule has 1 rings (SSSR count). The molecule has 114 valence electrons. The van der Waals surface area contributed by atoms with Crippen molar-refractivity contribution in [3.8, 4) is 5.75 Å². The number of benzene rings is 1. The van der Waals surface area contributed by atoms with Gasteiger partial charge in [-0.25, -0.2) is 0 Å². The zero-order valence-electron chi connectivity index (χ0n) is 12.8. The van der Waals surface area contributed by atoms with Crippen LogP contribution in [0, 0.1) is 5.92 Å². The molecular weight excluding hydrogens is 338 g/mol. The van der Waals surface area contributed by atoms with Gasteiger partial charge in [-0.05, 0) is 59.8 Å². The van der Waals surface area contributed by atoms with E-state index < -0.39 is 0 Å². The van der Waals surface area contributed by atoms with Crippen LogP contribution in [0.25, 0.3) is 0 Å². The van der Waals surface area contributed by atoms with Crippen LogP contribution in [0.4, 0.5) is 0 Å². The SMILES string of the molecule is CCCNC(CCC(C)C)c1cc(Cl)cc(Br)c1OC. The summed E-state index contributed by atoms with van der Waals surface area (Å²) >= 11 is 9.74. The molecule has 0 bridgehead atoms. The van der Waals surface area contributed by atoms with Crippen LogP contribution in [0.5, 0.6) is 5.75 Å². The molecule has 0 aromatic heterocycles. The molecule has 2 nitrogen and oxygen atoms in total. The Morgan fingerprint density at radius 1 is 1.30 bits per heavy atom. The Labute approximate surface area is 136 Å². The van der Waals surface area contributed by atoms with Gasteiger partial charge in [0.1, 0.15) is 5.75 Å². The van der Waals surface area contributed by atoms with Crippen molar-refractivity contribution in [2.75, 3.05) is 13.7 Å². The molecule has 0 radical (unpaired) electrons. The molecule has 1 atom stereocenters. The maximum absolute atomic E-state index is 6.21. The van der Waals surface area contributed by atoms with E-state index in [9.17, 15) is 0 Å². The predicted molar refractivity (Wildman–Crippen MR) is 90.8 cm³/mol. The Kier molecular flexibility index (Phi) is 7.93. The van der Waals surface area contributed by atoms with Gasteiger partial charge < -0.3 is 10.1 Å². The van der Waals surface area contributed by atoms with Gasteiger partial charge in [0.15, 0.2) is 0 Å². The van der Waals surface area contributed by atoms with Crippen molar-refractivity contribution in [1.29, 1.82) is 0 Å². The summed E-state index contributed by atoms with van der Waals surface area (Å²) in [6.45, 7) is 7.68. The summed E-state index contributed by atoms with van der Waals surface area (Å²) in [5, 5.41) is 4.35. The van der Waals surface area contributed by atoms with E-state index in [0.717, 1.165) is 40.2 Å². The minimum Gasteiger partial charge on any atom is -0.495 e. The molecule has 0 heterocycles. The molecule has 0 saturated carbocycles. The molecule has 0 saturated heterocycles. The van der Waals surface area contributed by atoms with Crippen molar-refractivity contribution < 1.29 is 4.74 Å². The number of nitrogens with one attached hydrogen (secondary N) is 1. The van der Waals surface area contributed by atoms with Crippen LogP contribution in [0.15, 0.2) is 16.6 Å². The maximum Gasteiger partial charge on any atom is 0.137 e. The molecule has 0 fully saturated rings. The largest absolute Gasteiger partial charge is 0.495 e. The molecule has 1 unspecified atom stereocenters. The second-order valence-electron chi connectivity index (χ2n) is 5.49. The Morgan fingerprint density at radius 3 is 2.55 bits per heavy atom. The molecule has 1 aromatic rings. The van der Waals surface area contributed by atoms with Gasteiger partial charge in [0.2, 0.25) is 0 Å². The summed E-state index contributed by atoms with van der Waals surface area (Å²) in [7, 11) is 1.71. The third-order valence-electron chi connectivity index (χ3n) is 3.29. The Morgan fingerprint density at radius 2 is 2.00 bits per heavy atom. The van der Waals surface area contributed by atoms with Crippen molar-refractivity contribution in [2.24, 2.45) is 5.92 Å². The van der Waals surface area contributed by atoms with Crippen molar-refractivity contribution in [3.63, 3.8) is 0 Å². The van der Waals surface area contributed by atoms with Crippen LogP contribution >= 0.6 is 27.5 Å². The van der Waals surface area contributed by atoms with Crippen molar-refractivity contribution >= 4 is 27.5 Å². The average molecular weight is 363 g/mol. The van der Waals surface area contributed by atoms with Gasteiger partial charge in [-0.3, -0.25) is 0 Å². The first-order valence-electron chi connectivity index (χ1n) is 7.25. The normalized spacial score (nSPS) is 12.8. The minimum atomic E-state index is 0.280. The second kappa shape index (κ2) is 8.91. The van der Waals surface area contributed by atoms with Crippen LogP contribution in [0.3, 0.4) is 0 Å².